The van der Waals surface area contributed by atoms with Crippen molar-refractivity contribution in [3.63, 3.8) is 0 Å². The van der Waals surface area contributed by atoms with Crippen molar-refractivity contribution in [3.8, 4) is 5.75 Å². The van der Waals surface area contributed by atoms with E-state index in [1.807, 2.05) is 13.8 Å². The summed E-state index contributed by atoms with van der Waals surface area (Å²) in [5, 5.41) is 5.16. The fraction of sp³-hybridized carbons (Fsp3) is 0.562. The maximum absolute atomic E-state index is 12.2. The lowest BCUT2D eigenvalue weighted by molar-refractivity contribution is -0.274. The second-order valence-corrected chi connectivity index (χ2v) is 5.97. The fourth-order valence-corrected chi connectivity index (χ4v) is 2.74. The van der Waals surface area contributed by atoms with E-state index in [4.69, 9.17) is 4.74 Å². The van der Waals surface area contributed by atoms with Gasteiger partial charge in [0, 0.05) is 37.9 Å². The molecule has 0 aliphatic carbocycles. The van der Waals surface area contributed by atoms with E-state index in [-0.39, 0.29) is 23.6 Å². The molecule has 1 heterocycles. The number of rotatable bonds is 5. The number of alkyl halides is 3. The molecule has 1 saturated heterocycles. The third-order valence-electron chi connectivity index (χ3n) is 3.53. The summed E-state index contributed by atoms with van der Waals surface area (Å²) in [6, 6.07) is 4.63. The first-order valence-electron chi connectivity index (χ1n) is 8.00. The SMILES string of the molecule is CC1CN(CCNC(=O)Nc2cccc(OC(F)(F)F)c2)CC(C)O1. The fourth-order valence-electron chi connectivity index (χ4n) is 2.74. The summed E-state index contributed by atoms with van der Waals surface area (Å²) in [5.41, 5.74) is 0.216. The number of morpholine rings is 1. The molecule has 1 aromatic carbocycles. The van der Waals surface area contributed by atoms with E-state index in [2.05, 4.69) is 20.3 Å². The van der Waals surface area contributed by atoms with Gasteiger partial charge in [-0.25, -0.2) is 4.79 Å². The largest absolute Gasteiger partial charge is 0.573 e. The average molecular weight is 361 g/mol. The van der Waals surface area contributed by atoms with Crippen molar-refractivity contribution in [2.24, 2.45) is 0 Å². The molecule has 1 aromatic rings. The van der Waals surface area contributed by atoms with Crippen LogP contribution in [0.3, 0.4) is 0 Å². The molecule has 0 spiro atoms. The van der Waals surface area contributed by atoms with Gasteiger partial charge in [-0.05, 0) is 26.0 Å². The Hall–Kier alpha value is -2.00. The lowest BCUT2D eigenvalue weighted by Gasteiger charge is -2.35. The number of ether oxygens (including phenoxy) is 2. The van der Waals surface area contributed by atoms with Crippen LogP contribution in [0, 0.1) is 0 Å². The van der Waals surface area contributed by atoms with Crippen LogP contribution in [0.4, 0.5) is 23.7 Å². The van der Waals surface area contributed by atoms with E-state index in [9.17, 15) is 18.0 Å². The molecule has 1 fully saturated rings. The van der Waals surface area contributed by atoms with Crippen LogP contribution in [0.5, 0.6) is 5.75 Å². The maximum atomic E-state index is 12.2. The van der Waals surface area contributed by atoms with Gasteiger partial charge in [0.15, 0.2) is 0 Å². The molecule has 2 atom stereocenters. The molecule has 9 heteroatoms. The van der Waals surface area contributed by atoms with Crippen LogP contribution in [-0.2, 0) is 4.74 Å². The predicted octanol–water partition coefficient (Wildman–Crippen LogP) is 2.82. The van der Waals surface area contributed by atoms with Gasteiger partial charge in [0.25, 0.3) is 0 Å². The van der Waals surface area contributed by atoms with E-state index >= 15 is 0 Å². The van der Waals surface area contributed by atoms with Crippen molar-refractivity contribution >= 4 is 11.7 Å². The predicted molar refractivity (Wildman–Crippen MR) is 86.6 cm³/mol. The molecule has 0 bridgehead atoms. The topological polar surface area (TPSA) is 62.8 Å². The standard InChI is InChI=1S/C16H22F3N3O3/c1-11-9-22(10-12(2)24-11)7-6-20-15(23)21-13-4-3-5-14(8-13)25-16(17,18)19/h3-5,8,11-12H,6-7,9-10H2,1-2H3,(H2,20,21,23). The molecule has 1 aliphatic heterocycles. The van der Waals surface area contributed by atoms with E-state index in [1.165, 1.54) is 12.1 Å². The van der Waals surface area contributed by atoms with Gasteiger partial charge in [-0.3, -0.25) is 4.90 Å². The molecule has 25 heavy (non-hydrogen) atoms. The maximum Gasteiger partial charge on any atom is 0.573 e. The summed E-state index contributed by atoms with van der Waals surface area (Å²) in [6.45, 7) is 6.68. The van der Waals surface area contributed by atoms with Gasteiger partial charge >= 0.3 is 12.4 Å². The minimum Gasteiger partial charge on any atom is -0.406 e. The van der Waals surface area contributed by atoms with E-state index in [1.54, 1.807) is 0 Å². The Labute approximate surface area is 144 Å². The Balaban J connectivity index is 1.76. The van der Waals surface area contributed by atoms with Crippen molar-refractivity contribution in [2.75, 3.05) is 31.5 Å². The van der Waals surface area contributed by atoms with E-state index in [0.29, 0.717) is 13.1 Å². The zero-order valence-electron chi connectivity index (χ0n) is 14.1. The Morgan fingerprint density at radius 3 is 2.64 bits per heavy atom. The third-order valence-corrected chi connectivity index (χ3v) is 3.53. The molecule has 2 rings (SSSR count). The lowest BCUT2D eigenvalue weighted by atomic mass is 10.2. The van der Waals surface area contributed by atoms with E-state index in [0.717, 1.165) is 25.2 Å². The molecule has 6 nitrogen and oxygen atoms in total. The third kappa shape index (κ3) is 7.18. The van der Waals surface area contributed by atoms with Gasteiger partial charge < -0.3 is 20.1 Å². The van der Waals surface area contributed by atoms with Gasteiger partial charge in [-0.2, -0.15) is 0 Å². The number of hydrogen-bond acceptors (Lipinski definition) is 4. The molecule has 0 saturated carbocycles. The van der Waals surface area contributed by atoms with Crippen LogP contribution in [0.1, 0.15) is 13.8 Å². The van der Waals surface area contributed by atoms with Gasteiger partial charge in [0.05, 0.1) is 12.2 Å². The summed E-state index contributed by atoms with van der Waals surface area (Å²) in [5.74, 6) is -0.387. The zero-order valence-corrected chi connectivity index (χ0v) is 14.1. The number of carbonyl (C=O) groups excluding carboxylic acids is 1. The number of urea groups is 1. The van der Waals surface area contributed by atoms with Crippen LogP contribution < -0.4 is 15.4 Å². The number of hydrogen-bond donors (Lipinski definition) is 2. The van der Waals surface area contributed by atoms with Crippen LogP contribution in [0.25, 0.3) is 0 Å². The van der Waals surface area contributed by atoms with Gasteiger partial charge in [0.2, 0.25) is 0 Å². The van der Waals surface area contributed by atoms with Crippen LogP contribution >= 0.6 is 0 Å². The highest BCUT2D eigenvalue weighted by atomic mass is 19.4. The monoisotopic (exact) mass is 361 g/mol. The molecule has 0 radical (unpaired) electrons. The highest BCUT2D eigenvalue weighted by molar-refractivity contribution is 5.89. The van der Waals surface area contributed by atoms with Crippen molar-refractivity contribution in [1.29, 1.82) is 0 Å². The molecule has 2 amide bonds. The first kappa shape index (κ1) is 19.3. The Morgan fingerprint density at radius 2 is 2.00 bits per heavy atom. The lowest BCUT2D eigenvalue weighted by Crippen LogP contribution is -2.48. The molecule has 2 N–H and O–H groups in total. The summed E-state index contributed by atoms with van der Waals surface area (Å²) in [6.07, 6.45) is -4.48. The van der Waals surface area contributed by atoms with Gasteiger partial charge in [-0.15, -0.1) is 13.2 Å². The van der Waals surface area contributed by atoms with Crippen LogP contribution in [0.15, 0.2) is 24.3 Å². The minimum atomic E-state index is -4.77. The molecule has 140 valence electrons. The molecule has 1 aliphatic rings. The molecular weight excluding hydrogens is 339 g/mol. The Kier molecular flexibility index (Phi) is 6.49. The highest BCUT2D eigenvalue weighted by Gasteiger charge is 2.31. The van der Waals surface area contributed by atoms with Gasteiger partial charge in [-0.1, -0.05) is 6.07 Å². The van der Waals surface area contributed by atoms with Crippen LogP contribution in [-0.4, -0.2) is 55.7 Å². The number of anilines is 1. The van der Waals surface area contributed by atoms with Gasteiger partial charge in [0.1, 0.15) is 5.75 Å². The van der Waals surface area contributed by atoms with Crippen LogP contribution in [0.2, 0.25) is 0 Å². The zero-order chi connectivity index (χ0) is 18.4. The first-order chi connectivity index (χ1) is 11.7. The van der Waals surface area contributed by atoms with Crippen molar-refractivity contribution < 1.29 is 27.4 Å². The number of nitrogens with one attached hydrogen (secondary N) is 2. The highest BCUT2D eigenvalue weighted by Crippen LogP contribution is 2.24. The summed E-state index contributed by atoms with van der Waals surface area (Å²) in [7, 11) is 0. The number of nitrogens with zero attached hydrogens (tertiary/aromatic N) is 1. The second-order valence-electron chi connectivity index (χ2n) is 5.97. The number of amides is 2. The average Bonchev–Trinajstić information content (AvgIpc) is 2.44. The second kappa shape index (κ2) is 8.39. The Bertz CT molecular complexity index is 573. The summed E-state index contributed by atoms with van der Waals surface area (Å²) < 4.78 is 46.0. The number of benzene rings is 1. The number of halogens is 3. The smallest absolute Gasteiger partial charge is 0.406 e. The first-order valence-corrected chi connectivity index (χ1v) is 8.00. The summed E-state index contributed by atoms with van der Waals surface area (Å²) in [4.78, 5) is 14.0. The van der Waals surface area contributed by atoms with Crippen molar-refractivity contribution in [3.05, 3.63) is 24.3 Å². The molecular formula is C16H22F3N3O3. The quantitative estimate of drug-likeness (QED) is 0.847. The van der Waals surface area contributed by atoms with E-state index < -0.39 is 12.4 Å². The number of carbonyl (C=O) groups is 1. The van der Waals surface area contributed by atoms with Crippen molar-refractivity contribution in [1.82, 2.24) is 10.2 Å². The molecule has 0 aromatic heterocycles. The normalized spacial score (nSPS) is 21.6. The summed E-state index contributed by atoms with van der Waals surface area (Å²) >= 11 is 0. The Morgan fingerprint density at radius 1 is 1.32 bits per heavy atom. The van der Waals surface area contributed by atoms with Crippen molar-refractivity contribution in [2.45, 2.75) is 32.4 Å². The molecule has 2 unspecified atom stereocenters. The minimum absolute atomic E-state index is 0.147.